The van der Waals surface area contributed by atoms with Crippen molar-refractivity contribution in [2.24, 2.45) is 0 Å². The zero-order valence-electron chi connectivity index (χ0n) is 11.1. The predicted molar refractivity (Wildman–Crippen MR) is 77.6 cm³/mol. The lowest BCUT2D eigenvalue weighted by molar-refractivity contribution is 0.199. The Hall–Kier alpha value is -1.51. The Kier molecular flexibility index (Phi) is 4.46. The van der Waals surface area contributed by atoms with E-state index in [9.17, 15) is 5.11 Å². The van der Waals surface area contributed by atoms with E-state index in [1.807, 2.05) is 18.2 Å². The van der Waals surface area contributed by atoms with Gasteiger partial charge in [0.15, 0.2) is 0 Å². The van der Waals surface area contributed by atoms with E-state index in [2.05, 4.69) is 19.1 Å². The first kappa shape index (κ1) is 13.9. The number of aliphatic hydroxyl groups is 1. The molecule has 19 heavy (non-hydrogen) atoms. The number of hydrogen-bond donors (Lipinski definition) is 1. The van der Waals surface area contributed by atoms with Crippen molar-refractivity contribution < 1.29 is 9.84 Å². The lowest BCUT2D eigenvalue weighted by Crippen LogP contribution is -1.97. The minimum atomic E-state index is -0.524. The Morgan fingerprint density at radius 3 is 2.42 bits per heavy atom. The molecule has 3 heteroatoms. The number of aryl methyl sites for hydroxylation is 1. The van der Waals surface area contributed by atoms with E-state index in [0.29, 0.717) is 17.4 Å². The number of ether oxygens (including phenoxy) is 1. The summed E-state index contributed by atoms with van der Waals surface area (Å²) in [5.74, 6) is 0.631. The number of hydrogen-bond acceptors (Lipinski definition) is 2. The molecule has 0 heterocycles. The van der Waals surface area contributed by atoms with Gasteiger partial charge in [-0.2, -0.15) is 0 Å². The van der Waals surface area contributed by atoms with Gasteiger partial charge in [0, 0.05) is 0 Å². The van der Waals surface area contributed by atoms with E-state index in [1.54, 1.807) is 19.1 Å². The minimum Gasteiger partial charge on any atom is -0.487 e. The van der Waals surface area contributed by atoms with Gasteiger partial charge >= 0.3 is 0 Å². The van der Waals surface area contributed by atoms with Crippen molar-refractivity contribution in [3.8, 4) is 5.75 Å². The first-order valence-corrected chi connectivity index (χ1v) is 6.60. The average Bonchev–Trinajstić information content (AvgIpc) is 2.39. The molecule has 2 aromatic rings. The van der Waals surface area contributed by atoms with Crippen LogP contribution in [-0.4, -0.2) is 5.11 Å². The van der Waals surface area contributed by atoms with E-state index in [0.717, 1.165) is 11.1 Å². The highest BCUT2D eigenvalue weighted by molar-refractivity contribution is 6.32. The molecule has 0 aliphatic carbocycles. The first-order chi connectivity index (χ1) is 9.06. The molecular weight excluding hydrogens is 260 g/mol. The van der Waals surface area contributed by atoms with Gasteiger partial charge in [0.2, 0.25) is 0 Å². The van der Waals surface area contributed by atoms with Crippen LogP contribution in [0.5, 0.6) is 5.75 Å². The molecule has 0 fully saturated rings. The van der Waals surface area contributed by atoms with Crippen molar-refractivity contribution >= 4 is 11.6 Å². The maximum atomic E-state index is 9.47. The van der Waals surface area contributed by atoms with Crippen LogP contribution in [0.15, 0.2) is 42.5 Å². The number of halogens is 1. The van der Waals surface area contributed by atoms with Crippen LogP contribution in [0.3, 0.4) is 0 Å². The summed E-state index contributed by atoms with van der Waals surface area (Å²) >= 11 is 6.13. The second kappa shape index (κ2) is 6.09. The third kappa shape index (κ3) is 3.72. The molecule has 1 N–H and O–H groups in total. The van der Waals surface area contributed by atoms with Gasteiger partial charge in [-0.05, 0) is 37.1 Å². The summed E-state index contributed by atoms with van der Waals surface area (Å²) < 4.78 is 5.68. The number of rotatable bonds is 4. The lowest BCUT2D eigenvalue weighted by Gasteiger charge is -2.11. The molecule has 1 atom stereocenters. The van der Waals surface area contributed by atoms with Crippen LogP contribution in [0.25, 0.3) is 0 Å². The standard InChI is InChI=1S/C16H17ClO2/c1-11-3-5-13(6-4-11)10-19-16-8-7-14(12(2)18)9-15(16)17/h3-9,12,18H,10H2,1-2H3/t12-/m1/s1. The van der Waals surface area contributed by atoms with Crippen LogP contribution >= 0.6 is 11.6 Å². The Morgan fingerprint density at radius 2 is 1.84 bits per heavy atom. The Morgan fingerprint density at radius 1 is 1.16 bits per heavy atom. The molecule has 0 saturated carbocycles. The molecule has 2 nitrogen and oxygen atoms in total. The Bertz CT molecular complexity index is 547. The molecule has 0 aliphatic heterocycles. The van der Waals surface area contributed by atoms with Crippen molar-refractivity contribution in [2.45, 2.75) is 26.6 Å². The van der Waals surface area contributed by atoms with Gasteiger partial charge in [-0.25, -0.2) is 0 Å². The van der Waals surface area contributed by atoms with Gasteiger partial charge in [-0.1, -0.05) is 47.5 Å². The molecule has 0 unspecified atom stereocenters. The molecule has 0 saturated heterocycles. The zero-order chi connectivity index (χ0) is 13.8. The third-order valence-electron chi connectivity index (χ3n) is 2.95. The number of benzene rings is 2. The molecule has 0 spiro atoms. The second-order valence-corrected chi connectivity index (χ2v) is 5.05. The van der Waals surface area contributed by atoms with Gasteiger partial charge in [-0.15, -0.1) is 0 Å². The monoisotopic (exact) mass is 276 g/mol. The van der Waals surface area contributed by atoms with Crippen LogP contribution in [0, 0.1) is 6.92 Å². The van der Waals surface area contributed by atoms with Crippen molar-refractivity contribution in [1.29, 1.82) is 0 Å². The van der Waals surface area contributed by atoms with Gasteiger partial charge in [0.25, 0.3) is 0 Å². The Labute approximate surface area is 118 Å². The molecular formula is C16H17ClO2. The highest BCUT2D eigenvalue weighted by Gasteiger charge is 2.06. The summed E-state index contributed by atoms with van der Waals surface area (Å²) in [6.07, 6.45) is -0.524. The lowest BCUT2D eigenvalue weighted by atomic mass is 10.1. The predicted octanol–water partition coefficient (Wildman–Crippen LogP) is 4.28. The fourth-order valence-electron chi connectivity index (χ4n) is 1.74. The maximum Gasteiger partial charge on any atom is 0.138 e. The van der Waals surface area contributed by atoms with Crippen LogP contribution in [0.4, 0.5) is 0 Å². The molecule has 0 bridgehead atoms. The number of aliphatic hydroxyl groups excluding tert-OH is 1. The summed E-state index contributed by atoms with van der Waals surface area (Å²) in [5, 5.41) is 9.99. The maximum absolute atomic E-state index is 9.47. The molecule has 0 radical (unpaired) electrons. The van der Waals surface area contributed by atoms with Crippen molar-refractivity contribution in [1.82, 2.24) is 0 Å². The Balaban J connectivity index is 2.05. The summed E-state index contributed by atoms with van der Waals surface area (Å²) in [5.41, 5.74) is 3.11. The molecule has 0 amide bonds. The third-order valence-corrected chi connectivity index (χ3v) is 3.25. The summed E-state index contributed by atoms with van der Waals surface area (Å²) in [7, 11) is 0. The van der Waals surface area contributed by atoms with Gasteiger partial charge < -0.3 is 9.84 Å². The summed E-state index contributed by atoms with van der Waals surface area (Å²) in [4.78, 5) is 0. The SMILES string of the molecule is Cc1ccc(COc2ccc([C@@H](C)O)cc2Cl)cc1. The van der Waals surface area contributed by atoms with Crippen LogP contribution in [-0.2, 0) is 6.61 Å². The van der Waals surface area contributed by atoms with Crippen LogP contribution in [0.2, 0.25) is 5.02 Å². The van der Waals surface area contributed by atoms with Gasteiger partial charge in [0.1, 0.15) is 12.4 Å². The smallest absolute Gasteiger partial charge is 0.138 e. The molecule has 100 valence electrons. The summed E-state index contributed by atoms with van der Waals surface area (Å²) in [6.45, 7) is 4.24. The fourth-order valence-corrected chi connectivity index (χ4v) is 1.98. The molecule has 2 aromatic carbocycles. The quantitative estimate of drug-likeness (QED) is 0.903. The van der Waals surface area contributed by atoms with Crippen molar-refractivity contribution in [2.75, 3.05) is 0 Å². The molecule has 0 aromatic heterocycles. The molecule has 0 aliphatic rings. The highest BCUT2D eigenvalue weighted by Crippen LogP contribution is 2.28. The minimum absolute atomic E-state index is 0.480. The second-order valence-electron chi connectivity index (χ2n) is 4.64. The van der Waals surface area contributed by atoms with E-state index in [-0.39, 0.29) is 0 Å². The summed E-state index contributed by atoms with van der Waals surface area (Å²) in [6, 6.07) is 13.5. The zero-order valence-corrected chi connectivity index (χ0v) is 11.8. The molecule has 2 rings (SSSR count). The normalized spacial score (nSPS) is 12.2. The fraction of sp³-hybridized carbons (Fsp3) is 0.250. The van der Waals surface area contributed by atoms with Crippen LogP contribution in [0.1, 0.15) is 29.7 Å². The van der Waals surface area contributed by atoms with Gasteiger partial charge in [0.05, 0.1) is 11.1 Å². The van der Waals surface area contributed by atoms with E-state index < -0.39 is 6.10 Å². The van der Waals surface area contributed by atoms with E-state index >= 15 is 0 Å². The van der Waals surface area contributed by atoms with E-state index in [1.165, 1.54) is 5.56 Å². The van der Waals surface area contributed by atoms with Crippen molar-refractivity contribution in [3.63, 3.8) is 0 Å². The highest BCUT2D eigenvalue weighted by atomic mass is 35.5. The van der Waals surface area contributed by atoms with Crippen LogP contribution < -0.4 is 4.74 Å². The largest absolute Gasteiger partial charge is 0.487 e. The van der Waals surface area contributed by atoms with E-state index in [4.69, 9.17) is 16.3 Å². The first-order valence-electron chi connectivity index (χ1n) is 6.22. The topological polar surface area (TPSA) is 29.5 Å². The van der Waals surface area contributed by atoms with Crippen molar-refractivity contribution in [3.05, 3.63) is 64.2 Å². The average molecular weight is 277 g/mol. The van der Waals surface area contributed by atoms with Gasteiger partial charge in [-0.3, -0.25) is 0 Å².